The Morgan fingerprint density at radius 1 is 1.00 bits per heavy atom. The van der Waals surface area contributed by atoms with Crippen molar-refractivity contribution in [3.63, 3.8) is 0 Å². The smallest absolute Gasteiger partial charge is 0.380 e. The molecular weight excluding hydrogens is 310 g/mol. The summed E-state index contributed by atoms with van der Waals surface area (Å²) in [5.74, 6) is 0. The molecule has 0 aliphatic heterocycles. The molecule has 0 bridgehead atoms. The molecule has 2 aromatic rings. The second-order valence-corrected chi connectivity index (χ2v) is 4.94. The summed E-state index contributed by atoms with van der Waals surface area (Å²) in [7, 11) is 0. The van der Waals surface area contributed by atoms with E-state index < -0.39 is 11.7 Å². The zero-order chi connectivity index (χ0) is 14.8. The summed E-state index contributed by atoms with van der Waals surface area (Å²) in [4.78, 5) is 0. The molecule has 0 saturated carbocycles. The van der Waals surface area contributed by atoms with Gasteiger partial charge in [0.15, 0.2) is 0 Å². The third-order valence-corrected chi connectivity index (χ3v) is 3.51. The van der Waals surface area contributed by atoms with E-state index in [2.05, 4.69) is 5.32 Å². The third kappa shape index (κ3) is 3.58. The number of hydrogen-bond acceptors (Lipinski definition) is 1. The molecule has 20 heavy (non-hydrogen) atoms. The molecule has 0 amide bonds. The molecule has 0 aromatic heterocycles. The van der Waals surface area contributed by atoms with Gasteiger partial charge in [0.25, 0.3) is 0 Å². The summed E-state index contributed by atoms with van der Waals surface area (Å²) >= 11 is 11.8. The van der Waals surface area contributed by atoms with E-state index in [1.165, 1.54) is 6.07 Å². The normalized spacial score (nSPS) is 11.4. The lowest BCUT2D eigenvalue weighted by Crippen LogP contribution is -2.07. The van der Waals surface area contributed by atoms with Crippen molar-refractivity contribution < 1.29 is 13.2 Å². The van der Waals surface area contributed by atoms with Crippen molar-refractivity contribution in [2.24, 2.45) is 0 Å². The summed E-state index contributed by atoms with van der Waals surface area (Å²) in [6.45, 7) is 0.226. The highest BCUT2D eigenvalue weighted by atomic mass is 35.5. The van der Waals surface area contributed by atoms with Crippen LogP contribution in [0.2, 0.25) is 10.0 Å². The Morgan fingerprint density at radius 3 is 2.40 bits per heavy atom. The average molecular weight is 320 g/mol. The monoisotopic (exact) mass is 319 g/mol. The fourth-order valence-corrected chi connectivity index (χ4v) is 2.06. The van der Waals surface area contributed by atoms with Crippen molar-refractivity contribution in [2.75, 3.05) is 5.32 Å². The lowest BCUT2D eigenvalue weighted by Gasteiger charge is -2.11. The van der Waals surface area contributed by atoms with Crippen LogP contribution >= 0.6 is 23.2 Å². The largest absolute Gasteiger partial charge is 0.416 e. The van der Waals surface area contributed by atoms with Gasteiger partial charge >= 0.3 is 6.18 Å². The Morgan fingerprint density at radius 2 is 1.70 bits per heavy atom. The van der Waals surface area contributed by atoms with Gasteiger partial charge < -0.3 is 5.32 Å². The molecule has 0 aliphatic rings. The van der Waals surface area contributed by atoms with Crippen LogP contribution in [0, 0.1) is 0 Å². The minimum Gasteiger partial charge on any atom is -0.380 e. The summed E-state index contributed by atoms with van der Waals surface area (Å²) in [5.41, 5.74) is 0.418. The Labute approximate surface area is 124 Å². The van der Waals surface area contributed by atoms with E-state index in [1.807, 2.05) is 0 Å². The SMILES string of the molecule is FC(F)(F)c1cccc(CNc2cccc(Cl)c2Cl)c1. The van der Waals surface area contributed by atoms with Gasteiger partial charge in [-0.05, 0) is 29.8 Å². The van der Waals surface area contributed by atoms with E-state index in [1.54, 1.807) is 24.3 Å². The molecule has 2 aromatic carbocycles. The van der Waals surface area contributed by atoms with Crippen molar-refractivity contribution in [3.8, 4) is 0 Å². The van der Waals surface area contributed by atoms with E-state index in [0.717, 1.165) is 12.1 Å². The molecule has 0 fully saturated rings. The van der Waals surface area contributed by atoms with Crippen molar-refractivity contribution >= 4 is 28.9 Å². The zero-order valence-electron chi connectivity index (χ0n) is 10.1. The maximum Gasteiger partial charge on any atom is 0.416 e. The van der Waals surface area contributed by atoms with E-state index >= 15 is 0 Å². The number of hydrogen-bond donors (Lipinski definition) is 1. The first kappa shape index (κ1) is 15.0. The van der Waals surface area contributed by atoms with Crippen LogP contribution < -0.4 is 5.32 Å². The molecule has 1 nitrogen and oxygen atoms in total. The molecular formula is C14H10Cl2F3N. The minimum absolute atomic E-state index is 0.226. The van der Waals surface area contributed by atoms with Crippen LogP contribution in [-0.2, 0) is 12.7 Å². The van der Waals surface area contributed by atoms with Gasteiger partial charge in [0.1, 0.15) is 0 Å². The van der Waals surface area contributed by atoms with Crippen LogP contribution in [0.15, 0.2) is 42.5 Å². The minimum atomic E-state index is -4.34. The van der Waals surface area contributed by atoms with Crippen LogP contribution in [0.4, 0.5) is 18.9 Å². The summed E-state index contributed by atoms with van der Waals surface area (Å²) < 4.78 is 37.8. The average Bonchev–Trinajstić information content (AvgIpc) is 2.40. The topological polar surface area (TPSA) is 12.0 Å². The van der Waals surface area contributed by atoms with E-state index in [-0.39, 0.29) is 6.54 Å². The van der Waals surface area contributed by atoms with Gasteiger partial charge in [-0.25, -0.2) is 0 Å². The standard InChI is InChI=1S/C14H10Cl2F3N/c15-11-5-2-6-12(13(11)16)20-8-9-3-1-4-10(7-9)14(17,18)19/h1-7,20H,8H2. The van der Waals surface area contributed by atoms with Crippen molar-refractivity contribution in [3.05, 3.63) is 63.6 Å². The molecule has 0 radical (unpaired) electrons. The maximum atomic E-state index is 12.6. The number of alkyl halides is 3. The van der Waals surface area contributed by atoms with Crippen molar-refractivity contribution in [1.82, 2.24) is 0 Å². The van der Waals surface area contributed by atoms with Gasteiger partial charge in [-0.15, -0.1) is 0 Å². The molecule has 0 saturated heterocycles. The zero-order valence-corrected chi connectivity index (χ0v) is 11.7. The quantitative estimate of drug-likeness (QED) is 0.773. The highest BCUT2D eigenvalue weighted by molar-refractivity contribution is 6.43. The second kappa shape index (κ2) is 5.94. The fraction of sp³-hybridized carbons (Fsp3) is 0.143. The molecule has 0 aliphatic carbocycles. The number of nitrogens with one attached hydrogen (secondary N) is 1. The van der Waals surface area contributed by atoms with Crippen molar-refractivity contribution in [2.45, 2.75) is 12.7 Å². The summed E-state index contributed by atoms with van der Waals surface area (Å²) in [6.07, 6.45) is -4.34. The van der Waals surface area contributed by atoms with Crippen LogP contribution in [0.3, 0.4) is 0 Å². The summed E-state index contributed by atoms with van der Waals surface area (Å²) in [6, 6.07) is 10.2. The first-order chi connectivity index (χ1) is 9.38. The third-order valence-electron chi connectivity index (χ3n) is 2.69. The van der Waals surface area contributed by atoms with Gasteiger partial charge in [0.2, 0.25) is 0 Å². The number of halogens is 5. The van der Waals surface area contributed by atoms with E-state index in [4.69, 9.17) is 23.2 Å². The molecule has 2 rings (SSSR count). The number of rotatable bonds is 3. The molecule has 0 spiro atoms. The highest BCUT2D eigenvalue weighted by Crippen LogP contribution is 2.31. The summed E-state index contributed by atoms with van der Waals surface area (Å²) in [5, 5.41) is 3.70. The predicted molar refractivity (Wildman–Crippen MR) is 75.2 cm³/mol. The van der Waals surface area contributed by atoms with Crippen LogP contribution in [0.25, 0.3) is 0 Å². The Kier molecular flexibility index (Phi) is 4.45. The predicted octanol–water partition coefficient (Wildman–Crippen LogP) is 5.62. The number of benzene rings is 2. The van der Waals surface area contributed by atoms with Crippen LogP contribution in [-0.4, -0.2) is 0 Å². The first-order valence-corrected chi connectivity index (χ1v) is 6.47. The van der Waals surface area contributed by atoms with Gasteiger partial charge in [-0.3, -0.25) is 0 Å². The first-order valence-electron chi connectivity index (χ1n) is 5.72. The van der Waals surface area contributed by atoms with Crippen LogP contribution in [0.1, 0.15) is 11.1 Å². The van der Waals surface area contributed by atoms with Crippen LogP contribution in [0.5, 0.6) is 0 Å². The molecule has 0 heterocycles. The molecule has 106 valence electrons. The lowest BCUT2D eigenvalue weighted by molar-refractivity contribution is -0.137. The van der Waals surface area contributed by atoms with Gasteiger partial charge in [0, 0.05) is 6.54 Å². The molecule has 0 atom stereocenters. The second-order valence-electron chi connectivity index (χ2n) is 4.15. The number of anilines is 1. The molecule has 0 unspecified atom stereocenters. The highest BCUT2D eigenvalue weighted by Gasteiger charge is 2.30. The lowest BCUT2D eigenvalue weighted by atomic mass is 10.1. The van der Waals surface area contributed by atoms with Crippen molar-refractivity contribution in [1.29, 1.82) is 0 Å². The van der Waals surface area contributed by atoms with Gasteiger partial charge in [-0.2, -0.15) is 13.2 Å². The Bertz CT molecular complexity index is 612. The Hall–Kier alpha value is -1.39. The van der Waals surface area contributed by atoms with E-state index in [0.29, 0.717) is 21.3 Å². The Balaban J connectivity index is 2.13. The molecule has 1 N–H and O–H groups in total. The van der Waals surface area contributed by atoms with E-state index in [9.17, 15) is 13.2 Å². The van der Waals surface area contributed by atoms with Gasteiger partial charge in [-0.1, -0.05) is 41.4 Å². The molecule has 6 heteroatoms. The maximum absolute atomic E-state index is 12.6. The van der Waals surface area contributed by atoms with Gasteiger partial charge in [0.05, 0.1) is 21.3 Å². The fourth-order valence-electron chi connectivity index (χ4n) is 1.70.